The Balaban J connectivity index is 2.17. The number of rotatable bonds is 4. The van der Waals surface area contributed by atoms with E-state index in [-0.39, 0.29) is 0 Å². The quantitative estimate of drug-likeness (QED) is 0.870. The molecular formula is C13H16ClN3S. The molecule has 2 aromatic rings. The van der Waals surface area contributed by atoms with Crippen molar-refractivity contribution in [2.45, 2.75) is 30.5 Å². The Morgan fingerprint density at radius 3 is 2.89 bits per heavy atom. The van der Waals surface area contributed by atoms with E-state index in [9.17, 15) is 0 Å². The molecule has 0 aliphatic carbocycles. The number of nitrogens with two attached hydrogens (primary N) is 1. The molecule has 0 atom stereocenters. The minimum atomic E-state index is 0.496. The van der Waals surface area contributed by atoms with Crippen molar-refractivity contribution in [1.29, 1.82) is 0 Å². The summed E-state index contributed by atoms with van der Waals surface area (Å²) in [6.07, 6.45) is 1.82. The zero-order chi connectivity index (χ0) is 13.1. The highest BCUT2D eigenvalue weighted by atomic mass is 35.5. The van der Waals surface area contributed by atoms with Crippen LogP contribution < -0.4 is 5.73 Å². The molecule has 0 radical (unpaired) electrons. The zero-order valence-electron chi connectivity index (χ0n) is 10.4. The monoisotopic (exact) mass is 281 g/mol. The number of nitrogen functional groups attached to an aromatic ring is 1. The molecule has 1 aromatic heterocycles. The Hall–Kier alpha value is -1.13. The normalized spacial score (nSPS) is 11.1. The maximum absolute atomic E-state index is 6.08. The number of halogens is 1. The molecule has 0 fully saturated rings. The van der Waals surface area contributed by atoms with Crippen molar-refractivity contribution in [2.75, 3.05) is 5.73 Å². The van der Waals surface area contributed by atoms with Crippen LogP contribution in [0.15, 0.2) is 35.4 Å². The van der Waals surface area contributed by atoms with Gasteiger partial charge in [-0.3, -0.25) is 0 Å². The molecule has 0 aliphatic heterocycles. The topological polar surface area (TPSA) is 43.8 Å². The van der Waals surface area contributed by atoms with E-state index in [0.29, 0.717) is 17.6 Å². The van der Waals surface area contributed by atoms with Crippen LogP contribution in [-0.2, 0) is 6.54 Å². The second-order valence-corrected chi connectivity index (χ2v) is 6.40. The molecule has 0 amide bonds. The van der Waals surface area contributed by atoms with Crippen molar-refractivity contribution >= 4 is 29.2 Å². The third kappa shape index (κ3) is 3.21. The summed E-state index contributed by atoms with van der Waals surface area (Å²) < 4.78 is 1.80. The largest absolute Gasteiger partial charge is 0.383 e. The predicted octanol–water partition coefficient (Wildman–Crippen LogP) is 3.67. The zero-order valence-corrected chi connectivity index (χ0v) is 12.0. The van der Waals surface area contributed by atoms with Gasteiger partial charge in [0.2, 0.25) is 0 Å². The van der Waals surface area contributed by atoms with Gasteiger partial charge in [-0.1, -0.05) is 37.6 Å². The van der Waals surface area contributed by atoms with Gasteiger partial charge in [-0.05, 0) is 17.7 Å². The fraction of sp³-hybridized carbons (Fsp3) is 0.308. The molecule has 1 aromatic carbocycles. The molecule has 96 valence electrons. The van der Waals surface area contributed by atoms with Gasteiger partial charge in [0.1, 0.15) is 5.82 Å². The fourth-order valence-electron chi connectivity index (χ4n) is 1.66. The standard InChI is InChI=1S/C13H16ClN3S/c1-9(2)18-12-7-16-17(13(12)15)8-10-4-3-5-11(14)6-10/h3-7,9H,8,15H2,1-2H3. The molecule has 2 rings (SSSR count). The van der Waals surface area contributed by atoms with Gasteiger partial charge in [-0.2, -0.15) is 5.10 Å². The Labute approximate surface area is 116 Å². The van der Waals surface area contributed by atoms with Crippen molar-refractivity contribution in [1.82, 2.24) is 9.78 Å². The Kier molecular flexibility index (Phi) is 4.19. The van der Waals surface area contributed by atoms with Crippen LogP contribution in [0.25, 0.3) is 0 Å². The molecule has 0 bridgehead atoms. The summed E-state index contributed by atoms with van der Waals surface area (Å²) in [5, 5.41) is 5.55. The van der Waals surface area contributed by atoms with Crippen LogP contribution in [0, 0.1) is 0 Å². The van der Waals surface area contributed by atoms with Crippen molar-refractivity contribution in [2.24, 2.45) is 0 Å². The summed E-state index contributed by atoms with van der Waals surface area (Å²) in [4.78, 5) is 1.03. The number of aromatic nitrogens is 2. The number of hydrogen-bond acceptors (Lipinski definition) is 3. The summed E-state index contributed by atoms with van der Waals surface area (Å²) >= 11 is 7.69. The number of thioether (sulfide) groups is 1. The van der Waals surface area contributed by atoms with Crippen LogP contribution in [0.2, 0.25) is 5.02 Å². The first-order valence-corrected chi connectivity index (χ1v) is 7.04. The molecule has 18 heavy (non-hydrogen) atoms. The van der Waals surface area contributed by atoms with Gasteiger partial charge in [-0.15, -0.1) is 11.8 Å². The van der Waals surface area contributed by atoms with Gasteiger partial charge in [0, 0.05) is 10.3 Å². The lowest BCUT2D eigenvalue weighted by Gasteiger charge is -2.07. The van der Waals surface area contributed by atoms with Gasteiger partial charge in [0.05, 0.1) is 17.6 Å². The average Bonchev–Trinajstić information content (AvgIpc) is 2.61. The Bertz CT molecular complexity index is 537. The third-order valence-electron chi connectivity index (χ3n) is 2.43. The number of benzene rings is 1. The van der Waals surface area contributed by atoms with Gasteiger partial charge in [-0.25, -0.2) is 4.68 Å². The summed E-state index contributed by atoms with van der Waals surface area (Å²) in [6.45, 7) is 4.92. The van der Waals surface area contributed by atoms with Gasteiger partial charge >= 0.3 is 0 Å². The van der Waals surface area contributed by atoms with Gasteiger partial charge < -0.3 is 5.73 Å². The van der Waals surface area contributed by atoms with Crippen LogP contribution in [0.1, 0.15) is 19.4 Å². The molecule has 5 heteroatoms. The smallest absolute Gasteiger partial charge is 0.135 e. The van der Waals surface area contributed by atoms with Gasteiger partial charge in [0.25, 0.3) is 0 Å². The van der Waals surface area contributed by atoms with Crippen LogP contribution in [0.4, 0.5) is 5.82 Å². The van der Waals surface area contributed by atoms with Crippen molar-refractivity contribution < 1.29 is 0 Å². The van der Waals surface area contributed by atoms with E-state index in [1.54, 1.807) is 16.4 Å². The maximum Gasteiger partial charge on any atom is 0.135 e. The van der Waals surface area contributed by atoms with Crippen LogP contribution in [0.5, 0.6) is 0 Å². The number of nitrogens with zero attached hydrogens (tertiary/aromatic N) is 2. The first-order valence-electron chi connectivity index (χ1n) is 5.78. The molecule has 3 nitrogen and oxygen atoms in total. The molecule has 0 aliphatic rings. The molecule has 0 unspecified atom stereocenters. The van der Waals surface area contributed by atoms with Gasteiger partial charge in [0.15, 0.2) is 0 Å². The second-order valence-electron chi connectivity index (χ2n) is 4.35. The third-order valence-corrected chi connectivity index (χ3v) is 3.70. The van der Waals surface area contributed by atoms with E-state index in [4.69, 9.17) is 17.3 Å². The lowest BCUT2D eigenvalue weighted by Crippen LogP contribution is -2.06. The fourth-order valence-corrected chi connectivity index (χ4v) is 2.71. The second kappa shape index (κ2) is 5.67. The van der Waals surface area contributed by atoms with Crippen molar-refractivity contribution in [3.05, 3.63) is 41.0 Å². The lowest BCUT2D eigenvalue weighted by molar-refractivity contribution is 0.696. The number of anilines is 1. The lowest BCUT2D eigenvalue weighted by atomic mass is 10.2. The van der Waals surface area contributed by atoms with E-state index in [1.165, 1.54) is 0 Å². The van der Waals surface area contributed by atoms with E-state index < -0.39 is 0 Å². The maximum atomic E-state index is 6.08. The van der Waals surface area contributed by atoms with Crippen LogP contribution in [0.3, 0.4) is 0 Å². The molecule has 0 saturated carbocycles. The highest BCUT2D eigenvalue weighted by Gasteiger charge is 2.09. The van der Waals surface area contributed by atoms with Crippen molar-refractivity contribution in [3.8, 4) is 0 Å². The molecule has 1 heterocycles. The molecular weight excluding hydrogens is 266 g/mol. The van der Waals surface area contributed by atoms with E-state index in [1.807, 2.05) is 30.5 Å². The highest BCUT2D eigenvalue weighted by Crippen LogP contribution is 2.28. The van der Waals surface area contributed by atoms with Crippen LogP contribution in [-0.4, -0.2) is 15.0 Å². The summed E-state index contributed by atoms with van der Waals surface area (Å²) in [6, 6.07) is 7.74. The Morgan fingerprint density at radius 2 is 2.22 bits per heavy atom. The SMILES string of the molecule is CC(C)Sc1cnn(Cc2cccc(Cl)c2)c1N. The minimum absolute atomic E-state index is 0.496. The molecule has 2 N–H and O–H groups in total. The first kappa shape index (κ1) is 13.3. The average molecular weight is 282 g/mol. The highest BCUT2D eigenvalue weighted by molar-refractivity contribution is 8.00. The Morgan fingerprint density at radius 1 is 1.44 bits per heavy atom. The minimum Gasteiger partial charge on any atom is -0.383 e. The predicted molar refractivity (Wildman–Crippen MR) is 78.2 cm³/mol. The van der Waals surface area contributed by atoms with E-state index in [0.717, 1.165) is 15.5 Å². The summed E-state index contributed by atoms with van der Waals surface area (Å²) in [5.74, 6) is 0.716. The summed E-state index contributed by atoms with van der Waals surface area (Å²) in [5.41, 5.74) is 7.18. The van der Waals surface area contributed by atoms with E-state index >= 15 is 0 Å². The molecule has 0 saturated heterocycles. The first-order chi connectivity index (χ1) is 8.56. The molecule has 0 spiro atoms. The summed E-state index contributed by atoms with van der Waals surface area (Å²) in [7, 11) is 0. The van der Waals surface area contributed by atoms with Crippen LogP contribution >= 0.6 is 23.4 Å². The van der Waals surface area contributed by atoms with E-state index in [2.05, 4.69) is 18.9 Å². The van der Waals surface area contributed by atoms with Crippen molar-refractivity contribution in [3.63, 3.8) is 0 Å². The number of hydrogen-bond donors (Lipinski definition) is 1.